The maximum atomic E-state index is 12.1. The van der Waals surface area contributed by atoms with E-state index < -0.39 is 0 Å². The number of rotatable bonds is 2. The van der Waals surface area contributed by atoms with E-state index in [1.165, 1.54) is 0 Å². The van der Waals surface area contributed by atoms with Gasteiger partial charge in [0.15, 0.2) is 0 Å². The first-order valence-electron chi connectivity index (χ1n) is 5.41. The molecule has 2 rings (SSSR count). The van der Waals surface area contributed by atoms with Gasteiger partial charge in [0.2, 0.25) is 0 Å². The van der Waals surface area contributed by atoms with E-state index in [1.807, 2.05) is 32.0 Å². The van der Waals surface area contributed by atoms with E-state index in [4.69, 9.17) is 5.26 Å². The maximum absolute atomic E-state index is 12.1. The summed E-state index contributed by atoms with van der Waals surface area (Å²) in [6.45, 7) is 3.80. The molecule has 0 bridgehead atoms. The zero-order valence-electron chi connectivity index (χ0n) is 9.78. The van der Waals surface area contributed by atoms with Crippen molar-refractivity contribution in [3.8, 4) is 6.07 Å². The first-order valence-corrected chi connectivity index (χ1v) is 5.41. The van der Waals surface area contributed by atoms with Crippen LogP contribution in [0.25, 0.3) is 0 Å². The van der Waals surface area contributed by atoms with Crippen LogP contribution in [0.1, 0.15) is 38.3 Å². The lowest BCUT2D eigenvalue weighted by Crippen LogP contribution is -2.30. The lowest BCUT2D eigenvalue weighted by atomic mass is 9.99. The number of benzene rings is 1. The fourth-order valence-electron chi connectivity index (χ4n) is 2.09. The van der Waals surface area contributed by atoms with Crippen molar-refractivity contribution in [1.82, 2.24) is 4.90 Å². The summed E-state index contributed by atoms with van der Waals surface area (Å²) in [5.74, 6) is -0.553. The van der Waals surface area contributed by atoms with E-state index in [1.54, 1.807) is 0 Å². The van der Waals surface area contributed by atoms with Crippen LogP contribution in [-0.2, 0) is 0 Å². The number of hydrogen-bond acceptors (Lipinski definition) is 3. The summed E-state index contributed by atoms with van der Waals surface area (Å²) in [5, 5.41) is 8.53. The Kier molecular flexibility index (Phi) is 2.68. The Labute approximate surface area is 99.5 Å². The predicted molar refractivity (Wildman–Crippen MR) is 61.5 cm³/mol. The number of fused-ring (bicyclic) bond motifs is 1. The van der Waals surface area contributed by atoms with Gasteiger partial charge in [0, 0.05) is 6.54 Å². The molecule has 1 aromatic carbocycles. The molecule has 1 heterocycles. The molecule has 0 saturated carbocycles. The molecule has 0 fully saturated rings. The molecule has 0 saturated heterocycles. The topological polar surface area (TPSA) is 61.2 Å². The van der Waals surface area contributed by atoms with Crippen LogP contribution in [0.2, 0.25) is 0 Å². The number of amides is 2. The van der Waals surface area contributed by atoms with Gasteiger partial charge in [-0.1, -0.05) is 12.1 Å². The van der Waals surface area contributed by atoms with Crippen LogP contribution in [0.15, 0.2) is 12.1 Å². The standard InChI is InChI=1S/C13H12N2O2/c1-8-4-5-9(2)11-10(8)12(16)15(13(11)17)7-3-6-14/h4-5H,3,7H2,1-2H3. The lowest BCUT2D eigenvalue weighted by Gasteiger charge is -2.10. The summed E-state index contributed by atoms with van der Waals surface area (Å²) >= 11 is 0. The molecule has 2 amide bonds. The summed E-state index contributed by atoms with van der Waals surface area (Å²) < 4.78 is 0. The number of hydrogen-bond donors (Lipinski definition) is 0. The Hall–Kier alpha value is -2.15. The molecule has 0 spiro atoms. The van der Waals surface area contributed by atoms with Crippen molar-refractivity contribution in [1.29, 1.82) is 5.26 Å². The minimum atomic E-state index is -0.276. The first-order chi connectivity index (χ1) is 8.07. The number of imide groups is 1. The summed E-state index contributed by atoms with van der Waals surface area (Å²) in [5.41, 5.74) is 2.60. The molecular weight excluding hydrogens is 216 g/mol. The second kappa shape index (κ2) is 4.02. The van der Waals surface area contributed by atoms with Crippen LogP contribution in [0.3, 0.4) is 0 Å². The smallest absolute Gasteiger partial charge is 0.261 e. The van der Waals surface area contributed by atoms with Gasteiger partial charge in [0.05, 0.1) is 23.6 Å². The van der Waals surface area contributed by atoms with Crippen molar-refractivity contribution in [2.24, 2.45) is 0 Å². The molecule has 1 aliphatic heterocycles. The fourth-order valence-corrected chi connectivity index (χ4v) is 2.09. The van der Waals surface area contributed by atoms with Crippen molar-refractivity contribution in [3.05, 3.63) is 34.4 Å². The van der Waals surface area contributed by atoms with Crippen LogP contribution in [0.4, 0.5) is 0 Å². The number of aryl methyl sites for hydroxylation is 2. The third-order valence-electron chi connectivity index (χ3n) is 2.99. The highest BCUT2D eigenvalue weighted by molar-refractivity contribution is 6.22. The third-order valence-corrected chi connectivity index (χ3v) is 2.99. The van der Waals surface area contributed by atoms with Crippen molar-refractivity contribution in [2.45, 2.75) is 20.3 Å². The molecule has 1 aromatic rings. The monoisotopic (exact) mass is 228 g/mol. The quantitative estimate of drug-likeness (QED) is 0.725. The summed E-state index contributed by atoms with van der Waals surface area (Å²) in [6, 6.07) is 5.63. The maximum Gasteiger partial charge on any atom is 0.261 e. The van der Waals surface area contributed by atoms with Crippen LogP contribution in [0.5, 0.6) is 0 Å². The van der Waals surface area contributed by atoms with E-state index in [-0.39, 0.29) is 24.8 Å². The van der Waals surface area contributed by atoms with Gasteiger partial charge >= 0.3 is 0 Å². The largest absolute Gasteiger partial charge is 0.273 e. The van der Waals surface area contributed by atoms with E-state index in [2.05, 4.69) is 0 Å². The fraction of sp³-hybridized carbons (Fsp3) is 0.308. The van der Waals surface area contributed by atoms with Gasteiger partial charge in [-0.3, -0.25) is 14.5 Å². The summed E-state index contributed by atoms with van der Waals surface area (Å²) in [6.07, 6.45) is 0.170. The van der Waals surface area contributed by atoms with Crippen molar-refractivity contribution < 1.29 is 9.59 Å². The SMILES string of the molecule is Cc1ccc(C)c2c1C(=O)N(CCC#N)C2=O. The molecule has 0 unspecified atom stereocenters. The first kappa shape index (κ1) is 11.3. The molecule has 0 atom stereocenters. The Balaban J connectivity index is 2.50. The summed E-state index contributed by atoms with van der Waals surface area (Å²) in [4.78, 5) is 25.3. The number of carbonyl (C=O) groups is 2. The number of nitriles is 1. The van der Waals surface area contributed by atoms with Gasteiger partial charge in [-0.15, -0.1) is 0 Å². The number of carbonyl (C=O) groups excluding carboxylic acids is 2. The van der Waals surface area contributed by atoms with Gasteiger partial charge in [-0.05, 0) is 25.0 Å². The second-order valence-corrected chi connectivity index (χ2v) is 4.12. The van der Waals surface area contributed by atoms with Crippen molar-refractivity contribution in [2.75, 3.05) is 6.54 Å². The van der Waals surface area contributed by atoms with Crippen molar-refractivity contribution >= 4 is 11.8 Å². The van der Waals surface area contributed by atoms with Crippen LogP contribution in [-0.4, -0.2) is 23.3 Å². The molecule has 0 radical (unpaired) electrons. The third kappa shape index (κ3) is 1.60. The van der Waals surface area contributed by atoms with Crippen LogP contribution >= 0.6 is 0 Å². The summed E-state index contributed by atoms with van der Waals surface area (Å²) in [7, 11) is 0. The minimum Gasteiger partial charge on any atom is -0.273 e. The molecule has 0 N–H and O–H groups in total. The van der Waals surface area contributed by atoms with Crippen LogP contribution in [0, 0.1) is 25.2 Å². The van der Waals surface area contributed by atoms with Gasteiger partial charge in [-0.25, -0.2) is 0 Å². The average molecular weight is 228 g/mol. The van der Waals surface area contributed by atoms with Gasteiger partial charge in [0.25, 0.3) is 11.8 Å². The molecule has 0 aromatic heterocycles. The molecule has 4 heteroatoms. The van der Waals surface area contributed by atoms with Gasteiger partial charge in [-0.2, -0.15) is 5.26 Å². The number of nitrogens with zero attached hydrogens (tertiary/aromatic N) is 2. The Morgan fingerprint density at radius 3 is 2.00 bits per heavy atom. The van der Waals surface area contributed by atoms with Gasteiger partial charge < -0.3 is 0 Å². The van der Waals surface area contributed by atoms with E-state index >= 15 is 0 Å². The van der Waals surface area contributed by atoms with Crippen molar-refractivity contribution in [3.63, 3.8) is 0 Å². The lowest BCUT2D eigenvalue weighted by molar-refractivity contribution is 0.0657. The Bertz CT molecular complexity index is 514. The predicted octanol–water partition coefficient (Wildman–Crippen LogP) is 1.81. The molecule has 0 aliphatic carbocycles. The highest BCUT2D eigenvalue weighted by atomic mass is 16.2. The van der Waals surface area contributed by atoms with Crippen LogP contribution < -0.4 is 0 Å². The minimum absolute atomic E-state index is 0.168. The highest BCUT2D eigenvalue weighted by Gasteiger charge is 2.37. The second-order valence-electron chi connectivity index (χ2n) is 4.12. The van der Waals surface area contributed by atoms with Gasteiger partial charge in [0.1, 0.15) is 0 Å². The molecular formula is C13H12N2O2. The normalized spacial score (nSPS) is 13.8. The van der Waals surface area contributed by atoms with E-state index in [9.17, 15) is 9.59 Å². The Morgan fingerprint density at radius 2 is 1.59 bits per heavy atom. The molecule has 1 aliphatic rings. The molecule has 17 heavy (non-hydrogen) atoms. The zero-order chi connectivity index (χ0) is 12.6. The average Bonchev–Trinajstić information content (AvgIpc) is 2.55. The van der Waals surface area contributed by atoms with E-state index in [0.717, 1.165) is 16.0 Å². The zero-order valence-corrected chi connectivity index (χ0v) is 9.78. The Morgan fingerprint density at radius 1 is 1.12 bits per heavy atom. The molecule has 86 valence electrons. The molecule has 4 nitrogen and oxygen atoms in total. The van der Waals surface area contributed by atoms with E-state index in [0.29, 0.717) is 11.1 Å². The highest BCUT2D eigenvalue weighted by Crippen LogP contribution is 2.28.